The third-order valence-corrected chi connectivity index (χ3v) is 4.98. The van der Waals surface area contributed by atoms with E-state index in [1.54, 1.807) is 14.2 Å². The van der Waals surface area contributed by atoms with Crippen molar-refractivity contribution in [1.29, 1.82) is 5.26 Å². The van der Waals surface area contributed by atoms with Crippen molar-refractivity contribution >= 4 is 5.82 Å². The van der Waals surface area contributed by atoms with Crippen molar-refractivity contribution in [3.63, 3.8) is 0 Å². The summed E-state index contributed by atoms with van der Waals surface area (Å²) < 4.78 is 10.7. The second-order valence-electron chi connectivity index (χ2n) is 6.66. The van der Waals surface area contributed by atoms with E-state index in [2.05, 4.69) is 11.1 Å². The highest BCUT2D eigenvalue weighted by molar-refractivity contribution is 5.80. The van der Waals surface area contributed by atoms with Crippen LogP contribution in [0.15, 0.2) is 18.2 Å². The number of ether oxygens (including phenoxy) is 2. The molecule has 26 heavy (non-hydrogen) atoms. The number of aryl methyl sites for hydroxylation is 1. The van der Waals surface area contributed by atoms with Gasteiger partial charge in [-0.1, -0.05) is 18.9 Å². The Balaban J connectivity index is 2.23. The summed E-state index contributed by atoms with van der Waals surface area (Å²) in [7, 11) is 3.31. The molecule has 0 aliphatic heterocycles. The van der Waals surface area contributed by atoms with Crippen LogP contribution in [-0.2, 0) is 24.2 Å². The zero-order valence-corrected chi connectivity index (χ0v) is 15.5. The van der Waals surface area contributed by atoms with Gasteiger partial charge in [0.25, 0.3) is 0 Å². The van der Waals surface area contributed by atoms with E-state index >= 15 is 0 Å². The van der Waals surface area contributed by atoms with Crippen molar-refractivity contribution in [2.24, 2.45) is 0 Å². The van der Waals surface area contributed by atoms with E-state index in [1.807, 2.05) is 18.2 Å². The third-order valence-electron chi connectivity index (χ3n) is 4.98. The second kappa shape index (κ2) is 8.20. The molecule has 2 N–H and O–H groups in total. The van der Waals surface area contributed by atoms with E-state index in [1.165, 1.54) is 18.4 Å². The first kappa shape index (κ1) is 18.2. The highest BCUT2D eigenvalue weighted by Crippen LogP contribution is 2.37. The van der Waals surface area contributed by atoms with Crippen molar-refractivity contribution in [3.05, 3.63) is 40.6 Å². The number of anilines is 1. The van der Waals surface area contributed by atoms with Gasteiger partial charge in [0, 0.05) is 23.9 Å². The largest absolute Gasteiger partial charge is 0.496 e. The lowest BCUT2D eigenvalue weighted by Crippen LogP contribution is -2.10. The van der Waals surface area contributed by atoms with Crippen LogP contribution in [0.1, 0.15) is 48.1 Å². The van der Waals surface area contributed by atoms with Crippen LogP contribution in [0.3, 0.4) is 0 Å². The zero-order valence-electron chi connectivity index (χ0n) is 15.5. The number of benzene rings is 1. The summed E-state index contributed by atoms with van der Waals surface area (Å²) in [6.45, 7) is 0.446. The Bertz CT molecular complexity index is 840. The third kappa shape index (κ3) is 3.51. The molecule has 5 heteroatoms. The molecule has 1 heterocycles. The monoisotopic (exact) mass is 351 g/mol. The lowest BCUT2D eigenvalue weighted by atomic mass is 9.87. The smallest absolute Gasteiger partial charge is 0.142 e. The zero-order chi connectivity index (χ0) is 18.5. The van der Waals surface area contributed by atoms with Gasteiger partial charge in [-0.3, -0.25) is 0 Å². The Morgan fingerprint density at radius 3 is 2.62 bits per heavy atom. The van der Waals surface area contributed by atoms with Gasteiger partial charge >= 0.3 is 0 Å². The molecule has 3 rings (SSSR count). The molecule has 0 radical (unpaired) electrons. The molecule has 0 unspecified atom stereocenters. The molecule has 1 aliphatic carbocycles. The molecule has 1 aromatic carbocycles. The number of methoxy groups -OCH3 is 2. The highest BCUT2D eigenvalue weighted by atomic mass is 16.5. The van der Waals surface area contributed by atoms with Crippen LogP contribution in [0.5, 0.6) is 5.75 Å². The van der Waals surface area contributed by atoms with Gasteiger partial charge in [-0.25, -0.2) is 4.98 Å². The van der Waals surface area contributed by atoms with Crippen LogP contribution >= 0.6 is 0 Å². The number of fused-ring (bicyclic) bond motifs is 1. The van der Waals surface area contributed by atoms with Gasteiger partial charge in [0.2, 0.25) is 0 Å². The number of nitrogens with zero attached hydrogens (tertiary/aromatic N) is 2. The highest BCUT2D eigenvalue weighted by Gasteiger charge is 2.21. The fourth-order valence-electron chi connectivity index (χ4n) is 3.75. The Labute approximate surface area is 154 Å². The molecular formula is C21H25N3O2. The maximum atomic E-state index is 9.74. The van der Waals surface area contributed by atoms with Crippen LogP contribution in [0.4, 0.5) is 5.82 Å². The second-order valence-corrected chi connectivity index (χ2v) is 6.66. The summed E-state index contributed by atoms with van der Waals surface area (Å²) >= 11 is 0. The Morgan fingerprint density at radius 1 is 1.15 bits per heavy atom. The summed E-state index contributed by atoms with van der Waals surface area (Å²) in [5.41, 5.74) is 11.7. The van der Waals surface area contributed by atoms with Crippen molar-refractivity contribution in [3.8, 4) is 22.9 Å². The fraction of sp³-hybridized carbons (Fsp3) is 0.429. The van der Waals surface area contributed by atoms with Crippen LogP contribution in [0, 0.1) is 11.3 Å². The van der Waals surface area contributed by atoms with E-state index in [0.29, 0.717) is 18.0 Å². The number of hydrogen-bond acceptors (Lipinski definition) is 5. The molecule has 2 aromatic rings. The number of nitrogen functional groups attached to an aromatic ring is 1. The summed E-state index contributed by atoms with van der Waals surface area (Å²) in [4.78, 5) is 4.57. The minimum Gasteiger partial charge on any atom is -0.496 e. The molecule has 1 aromatic heterocycles. The maximum Gasteiger partial charge on any atom is 0.142 e. The number of rotatable bonds is 4. The van der Waals surface area contributed by atoms with Gasteiger partial charge in [0.1, 0.15) is 23.2 Å². The molecule has 136 valence electrons. The molecule has 5 nitrogen and oxygen atoms in total. The number of nitriles is 1. The summed E-state index contributed by atoms with van der Waals surface area (Å²) in [5.74, 6) is 1.10. The summed E-state index contributed by atoms with van der Waals surface area (Å²) in [6, 6.07) is 8.24. The van der Waals surface area contributed by atoms with Crippen LogP contribution < -0.4 is 10.5 Å². The first-order chi connectivity index (χ1) is 12.7. The minimum atomic E-state index is 0.325. The number of pyridine rings is 1. The summed E-state index contributed by atoms with van der Waals surface area (Å²) in [5, 5.41) is 9.74. The number of aromatic nitrogens is 1. The molecule has 0 bridgehead atoms. The predicted octanol–water partition coefficient (Wildman–Crippen LogP) is 4.02. The van der Waals surface area contributed by atoms with Gasteiger partial charge in [0.05, 0.1) is 13.7 Å². The molecule has 0 saturated heterocycles. The van der Waals surface area contributed by atoms with Crippen LogP contribution in [0.2, 0.25) is 0 Å². The normalized spacial score (nSPS) is 14.0. The fourth-order valence-corrected chi connectivity index (χ4v) is 3.75. The van der Waals surface area contributed by atoms with Crippen LogP contribution in [0.25, 0.3) is 11.1 Å². The lowest BCUT2D eigenvalue weighted by molar-refractivity contribution is 0.181. The SMILES string of the molecule is COCc1cc(-c2c(C#N)c(N)nc3c2CCCCCC3)ccc1OC. The van der Waals surface area contributed by atoms with Crippen molar-refractivity contribution < 1.29 is 9.47 Å². The van der Waals surface area contributed by atoms with E-state index in [0.717, 1.165) is 53.8 Å². The molecule has 0 saturated carbocycles. The number of hydrogen-bond donors (Lipinski definition) is 1. The van der Waals surface area contributed by atoms with Gasteiger partial charge in [0.15, 0.2) is 0 Å². The Hall–Kier alpha value is -2.58. The van der Waals surface area contributed by atoms with Crippen LogP contribution in [-0.4, -0.2) is 19.2 Å². The minimum absolute atomic E-state index is 0.325. The van der Waals surface area contributed by atoms with E-state index in [4.69, 9.17) is 15.2 Å². The maximum absolute atomic E-state index is 9.74. The van der Waals surface area contributed by atoms with E-state index in [9.17, 15) is 5.26 Å². The van der Waals surface area contributed by atoms with Gasteiger partial charge in [-0.15, -0.1) is 0 Å². The van der Waals surface area contributed by atoms with Gasteiger partial charge in [-0.05, 0) is 48.9 Å². The summed E-state index contributed by atoms with van der Waals surface area (Å²) in [6.07, 6.45) is 6.50. The topological polar surface area (TPSA) is 81.2 Å². The van der Waals surface area contributed by atoms with Crippen molar-refractivity contribution in [1.82, 2.24) is 4.98 Å². The van der Waals surface area contributed by atoms with Gasteiger partial charge in [-0.2, -0.15) is 5.26 Å². The predicted molar refractivity (Wildman–Crippen MR) is 102 cm³/mol. The average Bonchev–Trinajstić information content (AvgIpc) is 2.62. The molecule has 0 fully saturated rings. The van der Waals surface area contributed by atoms with Crippen molar-refractivity contribution in [2.75, 3.05) is 20.0 Å². The quantitative estimate of drug-likeness (QED) is 0.900. The van der Waals surface area contributed by atoms with E-state index < -0.39 is 0 Å². The number of nitrogens with two attached hydrogens (primary N) is 1. The first-order valence-electron chi connectivity index (χ1n) is 9.07. The lowest BCUT2D eigenvalue weighted by Gasteiger charge is -2.20. The molecule has 1 aliphatic rings. The molecule has 0 amide bonds. The Kier molecular flexibility index (Phi) is 5.75. The molecule has 0 spiro atoms. The van der Waals surface area contributed by atoms with Gasteiger partial charge < -0.3 is 15.2 Å². The average molecular weight is 351 g/mol. The van der Waals surface area contributed by atoms with Crippen molar-refractivity contribution in [2.45, 2.75) is 45.1 Å². The van der Waals surface area contributed by atoms with E-state index in [-0.39, 0.29) is 0 Å². The first-order valence-corrected chi connectivity index (χ1v) is 9.07. The standard InChI is InChI=1S/C21H25N3O2/c1-25-13-15-11-14(9-10-19(15)26-2)20-16-7-5-3-4-6-8-18(16)24-21(23)17(20)12-22/h9-11H,3-8,13H2,1-2H3,(H2,23,24). The molecular weight excluding hydrogens is 326 g/mol. The Morgan fingerprint density at radius 2 is 1.92 bits per heavy atom. The molecule has 0 atom stereocenters.